The van der Waals surface area contributed by atoms with E-state index in [0.29, 0.717) is 0 Å². The maximum absolute atomic E-state index is 6.48. The van der Waals surface area contributed by atoms with Crippen molar-refractivity contribution in [1.29, 1.82) is 0 Å². The van der Waals surface area contributed by atoms with E-state index < -0.39 is 0 Å². The van der Waals surface area contributed by atoms with E-state index in [0.717, 1.165) is 90.4 Å². The molecule has 5 aromatic carbocycles. The second-order valence-corrected chi connectivity index (χ2v) is 9.85. The Balaban J connectivity index is 1.40. The monoisotopic (exact) mass is 492 g/mol. The van der Waals surface area contributed by atoms with Crippen LogP contribution < -0.4 is 0 Å². The molecule has 0 atom stereocenters. The lowest BCUT2D eigenvalue weighted by Crippen LogP contribution is -2.01. The van der Waals surface area contributed by atoms with Gasteiger partial charge in [0, 0.05) is 33.7 Å². The summed E-state index contributed by atoms with van der Waals surface area (Å²) in [5, 5.41) is 4.43. The van der Waals surface area contributed by atoms with Gasteiger partial charge in [-0.15, -0.1) is 0 Å². The second kappa shape index (κ2) is 8.09. The van der Waals surface area contributed by atoms with Gasteiger partial charge >= 0.3 is 0 Å². The third kappa shape index (κ3) is 3.00. The van der Waals surface area contributed by atoms with E-state index in [1.54, 1.807) is 0 Å². The Morgan fingerprint density at radius 2 is 1.26 bits per heavy atom. The van der Waals surface area contributed by atoms with Crippen LogP contribution in [-0.4, -0.2) is 9.55 Å². The summed E-state index contributed by atoms with van der Waals surface area (Å²) < 4.78 is 15.2. The highest BCUT2D eigenvalue weighted by atomic mass is 16.3. The van der Waals surface area contributed by atoms with Gasteiger partial charge in [0.05, 0.1) is 16.6 Å². The highest BCUT2D eigenvalue weighted by Crippen LogP contribution is 2.44. The average Bonchev–Trinajstić information content (AvgIpc) is 3.63. The number of hydrogen-bond acceptors (Lipinski definition) is 3. The highest BCUT2D eigenvalue weighted by molar-refractivity contribution is 6.21. The SMILES string of the molecule is CCCc1nc2ccccc2n1-c1ccc(-c2c3oc4ccccc4c3cc3c2oc2ccccc23)cc1. The Kier molecular flexibility index (Phi) is 4.53. The Morgan fingerprint density at radius 3 is 1.92 bits per heavy atom. The molecule has 8 aromatic rings. The minimum atomic E-state index is 0.852. The number of hydrogen-bond donors (Lipinski definition) is 0. The normalized spacial score (nSPS) is 12.0. The number of nitrogens with zero attached hydrogens (tertiary/aromatic N) is 2. The van der Waals surface area contributed by atoms with E-state index in [-0.39, 0.29) is 0 Å². The highest BCUT2D eigenvalue weighted by Gasteiger charge is 2.21. The van der Waals surface area contributed by atoms with Crippen molar-refractivity contribution in [2.24, 2.45) is 0 Å². The topological polar surface area (TPSA) is 44.1 Å². The summed E-state index contributed by atoms with van der Waals surface area (Å²) in [6.45, 7) is 2.19. The van der Waals surface area contributed by atoms with Crippen LogP contribution in [0.5, 0.6) is 0 Å². The minimum Gasteiger partial charge on any atom is -0.455 e. The summed E-state index contributed by atoms with van der Waals surface area (Å²) in [6.07, 6.45) is 1.97. The number of aryl methyl sites for hydroxylation is 1. The van der Waals surface area contributed by atoms with Crippen LogP contribution in [0.3, 0.4) is 0 Å². The number of para-hydroxylation sites is 4. The van der Waals surface area contributed by atoms with E-state index in [1.165, 1.54) is 0 Å². The van der Waals surface area contributed by atoms with Crippen LogP contribution in [0.2, 0.25) is 0 Å². The van der Waals surface area contributed by atoms with Crippen molar-refractivity contribution in [3.05, 3.63) is 109 Å². The van der Waals surface area contributed by atoms with Crippen LogP contribution >= 0.6 is 0 Å². The molecular formula is C34H24N2O2. The van der Waals surface area contributed by atoms with Crippen LogP contribution in [0.4, 0.5) is 0 Å². The molecular weight excluding hydrogens is 468 g/mol. The van der Waals surface area contributed by atoms with Gasteiger partial charge in [-0.3, -0.25) is 4.57 Å². The third-order valence-corrected chi connectivity index (χ3v) is 7.53. The lowest BCUT2D eigenvalue weighted by Gasteiger charge is -2.11. The molecule has 0 aliphatic heterocycles. The molecule has 0 radical (unpaired) electrons. The molecule has 3 aromatic heterocycles. The van der Waals surface area contributed by atoms with E-state index >= 15 is 0 Å². The van der Waals surface area contributed by atoms with Crippen molar-refractivity contribution < 1.29 is 8.83 Å². The maximum Gasteiger partial charge on any atom is 0.147 e. The van der Waals surface area contributed by atoms with Crippen molar-refractivity contribution in [2.45, 2.75) is 19.8 Å². The summed E-state index contributed by atoms with van der Waals surface area (Å²) >= 11 is 0. The molecule has 38 heavy (non-hydrogen) atoms. The smallest absolute Gasteiger partial charge is 0.147 e. The zero-order chi connectivity index (χ0) is 25.2. The molecule has 4 heteroatoms. The standard InChI is InChI=1S/C34H24N2O2/c1-2-9-31-35-27-12-5-6-13-28(27)36(31)22-18-16-21(17-19-22)32-33-25(23-10-3-7-14-29(23)37-33)20-26-24-11-4-8-15-30(24)38-34(26)32/h3-8,10-20H,2,9H2,1H3. The zero-order valence-corrected chi connectivity index (χ0v) is 20.9. The van der Waals surface area contributed by atoms with Crippen LogP contribution in [0.25, 0.3) is 71.7 Å². The Hall–Kier alpha value is -4.83. The van der Waals surface area contributed by atoms with Crippen LogP contribution in [-0.2, 0) is 6.42 Å². The maximum atomic E-state index is 6.48. The predicted molar refractivity (Wildman–Crippen MR) is 155 cm³/mol. The first-order chi connectivity index (χ1) is 18.8. The number of benzene rings is 5. The molecule has 0 saturated heterocycles. The molecule has 0 bridgehead atoms. The van der Waals surface area contributed by atoms with Gasteiger partial charge in [-0.25, -0.2) is 4.98 Å². The minimum absolute atomic E-state index is 0.852. The van der Waals surface area contributed by atoms with Crippen molar-refractivity contribution in [3.63, 3.8) is 0 Å². The summed E-state index contributed by atoms with van der Waals surface area (Å²) in [4.78, 5) is 4.92. The van der Waals surface area contributed by atoms with Gasteiger partial charge in [0.25, 0.3) is 0 Å². The number of aromatic nitrogens is 2. The van der Waals surface area contributed by atoms with Crippen molar-refractivity contribution in [3.8, 4) is 16.8 Å². The van der Waals surface area contributed by atoms with Gasteiger partial charge in [-0.1, -0.05) is 67.6 Å². The molecule has 0 amide bonds. The van der Waals surface area contributed by atoms with Gasteiger partial charge in [-0.2, -0.15) is 0 Å². The van der Waals surface area contributed by atoms with Gasteiger partial charge < -0.3 is 8.83 Å². The summed E-state index contributed by atoms with van der Waals surface area (Å²) in [6, 6.07) is 35.7. The van der Waals surface area contributed by atoms with Crippen LogP contribution in [0.1, 0.15) is 19.2 Å². The van der Waals surface area contributed by atoms with Crippen LogP contribution in [0.15, 0.2) is 112 Å². The van der Waals surface area contributed by atoms with E-state index in [2.05, 4.69) is 84.3 Å². The van der Waals surface area contributed by atoms with Gasteiger partial charge in [0.15, 0.2) is 0 Å². The average molecular weight is 493 g/mol. The molecule has 182 valence electrons. The lowest BCUT2D eigenvalue weighted by atomic mass is 9.98. The molecule has 0 unspecified atom stereocenters. The summed E-state index contributed by atoms with van der Waals surface area (Å²) in [5.41, 5.74) is 8.76. The molecule has 3 heterocycles. The Labute approximate surface area is 218 Å². The molecule has 0 aliphatic rings. The molecule has 4 nitrogen and oxygen atoms in total. The van der Waals surface area contributed by atoms with Crippen molar-refractivity contribution >= 4 is 54.9 Å². The number of furan rings is 2. The van der Waals surface area contributed by atoms with Gasteiger partial charge in [0.1, 0.15) is 28.2 Å². The molecule has 0 aliphatic carbocycles. The first kappa shape index (κ1) is 21.3. The van der Waals surface area contributed by atoms with Gasteiger partial charge in [-0.05, 0) is 54.4 Å². The van der Waals surface area contributed by atoms with Crippen molar-refractivity contribution in [1.82, 2.24) is 9.55 Å². The molecule has 0 N–H and O–H groups in total. The third-order valence-electron chi connectivity index (χ3n) is 7.53. The van der Waals surface area contributed by atoms with E-state index in [9.17, 15) is 0 Å². The van der Waals surface area contributed by atoms with Crippen LogP contribution in [0, 0.1) is 0 Å². The molecule has 0 fully saturated rings. The second-order valence-electron chi connectivity index (χ2n) is 9.85. The first-order valence-corrected chi connectivity index (χ1v) is 13.1. The predicted octanol–water partition coefficient (Wildman–Crippen LogP) is 9.44. The van der Waals surface area contributed by atoms with E-state index in [1.807, 2.05) is 30.3 Å². The molecule has 0 saturated carbocycles. The quantitative estimate of drug-likeness (QED) is 0.246. The fourth-order valence-electron chi connectivity index (χ4n) is 5.83. The summed E-state index contributed by atoms with van der Waals surface area (Å²) in [7, 11) is 0. The molecule has 8 rings (SSSR count). The van der Waals surface area contributed by atoms with E-state index in [4.69, 9.17) is 13.8 Å². The largest absolute Gasteiger partial charge is 0.455 e. The molecule has 0 spiro atoms. The number of rotatable bonds is 4. The number of imidazole rings is 1. The van der Waals surface area contributed by atoms with Crippen molar-refractivity contribution in [2.75, 3.05) is 0 Å². The Bertz CT molecular complexity index is 2050. The zero-order valence-electron chi connectivity index (χ0n) is 20.9. The fraction of sp³-hybridized carbons (Fsp3) is 0.0882. The Morgan fingerprint density at radius 1 is 0.658 bits per heavy atom. The first-order valence-electron chi connectivity index (χ1n) is 13.1. The fourth-order valence-corrected chi connectivity index (χ4v) is 5.83. The number of fused-ring (bicyclic) bond motifs is 7. The lowest BCUT2D eigenvalue weighted by molar-refractivity contribution is 0.658. The summed E-state index contributed by atoms with van der Waals surface area (Å²) in [5.74, 6) is 1.08. The van der Waals surface area contributed by atoms with Gasteiger partial charge in [0.2, 0.25) is 0 Å².